The van der Waals surface area contributed by atoms with Crippen LogP contribution in [-0.4, -0.2) is 26.4 Å². The van der Waals surface area contributed by atoms with Crippen LogP contribution in [-0.2, 0) is 17.9 Å². The van der Waals surface area contributed by atoms with Crippen molar-refractivity contribution in [3.63, 3.8) is 0 Å². The van der Waals surface area contributed by atoms with Crippen molar-refractivity contribution >= 4 is 17.7 Å². The van der Waals surface area contributed by atoms with E-state index in [1.54, 1.807) is 6.26 Å². The maximum atomic E-state index is 12.1. The maximum Gasteiger partial charge on any atom is 0.230 e. The molecule has 0 radical (unpaired) electrons. The molecule has 4 rings (SSSR count). The van der Waals surface area contributed by atoms with E-state index in [1.807, 2.05) is 18.2 Å². The summed E-state index contributed by atoms with van der Waals surface area (Å²) < 4.78 is 7.36. The third kappa shape index (κ3) is 4.08. The van der Waals surface area contributed by atoms with Gasteiger partial charge >= 0.3 is 0 Å². The standard InChI is InChI=1S/C20H22N4O2S/c1-2-24-19(17-11-16(17)14-7-4-3-5-8-14)22-23-20(24)27-13-18(25)21-12-15-9-6-10-26-15/h3-10,16-17H,2,11-13H2,1H3,(H,21,25). The summed E-state index contributed by atoms with van der Waals surface area (Å²) in [4.78, 5) is 12.1. The fraction of sp³-hybridized carbons (Fsp3) is 0.350. The molecular weight excluding hydrogens is 360 g/mol. The molecule has 2 atom stereocenters. The van der Waals surface area contributed by atoms with Crippen molar-refractivity contribution in [1.29, 1.82) is 0 Å². The fourth-order valence-electron chi connectivity index (χ4n) is 3.31. The lowest BCUT2D eigenvalue weighted by atomic mass is 10.1. The van der Waals surface area contributed by atoms with Crippen molar-refractivity contribution in [1.82, 2.24) is 20.1 Å². The summed E-state index contributed by atoms with van der Waals surface area (Å²) in [5, 5.41) is 12.4. The molecule has 0 saturated heterocycles. The molecule has 0 bridgehead atoms. The maximum absolute atomic E-state index is 12.1. The Kier molecular flexibility index (Phi) is 5.29. The number of nitrogens with one attached hydrogen (secondary N) is 1. The molecule has 1 saturated carbocycles. The van der Waals surface area contributed by atoms with Gasteiger partial charge in [-0.15, -0.1) is 10.2 Å². The molecule has 3 aromatic rings. The van der Waals surface area contributed by atoms with E-state index in [9.17, 15) is 4.79 Å². The lowest BCUT2D eigenvalue weighted by Crippen LogP contribution is -2.24. The van der Waals surface area contributed by atoms with Crippen LogP contribution in [0.5, 0.6) is 0 Å². The summed E-state index contributed by atoms with van der Waals surface area (Å²) in [5.41, 5.74) is 1.36. The van der Waals surface area contributed by atoms with Gasteiger partial charge in [-0.2, -0.15) is 0 Å². The molecule has 1 aliphatic carbocycles. The average molecular weight is 382 g/mol. The number of thioether (sulfide) groups is 1. The third-order valence-electron chi connectivity index (χ3n) is 4.78. The number of aromatic nitrogens is 3. The molecular formula is C20H22N4O2S. The van der Waals surface area contributed by atoms with E-state index in [2.05, 4.69) is 51.3 Å². The van der Waals surface area contributed by atoms with Crippen LogP contribution in [0.15, 0.2) is 58.3 Å². The lowest BCUT2D eigenvalue weighted by molar-refractivity contribution is -0.118. The number of benzene rings is 1. The zero-order valence-corrected chi connectivity index (χ0v) is 16.0. The van der Waals surface area contributed by atoms with E-state index >= 15 is 0 Å². The minimum Gasteiger partial charge on any atom is -0.467 e. The molecule has 7 heteroatoms. The predicted molar refractivity (Wildman–Crippen MR) is 104 cm³/mol. The van der Waals surface area contributed by atoms with Crippen molar-refractivity contribution < 1.29 is 9.21 Å². The van der Waals surface area contributed by atoms with E-state index in [0.717, 1.165) is 29.7 Å². The highest BCUT2D eigenvalue weighted by Gasteiger charge is 2.43. The molecule has 1 amide bonds. The number of amides is 1. The number of rotatable bonds is 8. The van der Waals surface area contributed by atoms with Crippen LogP contribution in [0.1, 0.15) is 42.3 Å². The zero-order chi connectivity index (χ0) is 18.6. The van der Waals surface area contributed by atoms with Crippen molar-refractivity contribution in [3.05, 3.63) is 65.9 Å². The van der Waals surface area contributed by atoms with Crippen molar-refractivity contribution in [2.45, 2.75) is 43.4 Å². The number of furan rings is 1. The second kappa shape index (κ2) is 8.00. The van der Waals surface area contributed by atoms with Gasteiger partial charge < -0.3 is 14.3 Å². The average Bonchev–Trinajstić information content (AvgIpc) is 3.13. The van der Waals surface area contributed by atoms with E-state index in [4.69, 9.17) is 4.42 Å². The Bertz CT molecular complexity index is 892. The first-order valence-corrected chi connectivity index (χ1v) is 10.1. The highest BCUT2D eigenvalue weighted by atomic mass is 32.2. The molecule has 1 aromatic carbocycles. The van der Waals surface area contributed by atoms with Crippen molar-refractivity contribution in [3.8, 4) is 0 Å². The number of nitrogens with zero attached hydrogens (tertiary/aromatic N) is 3. The molecule has 27 heavy (non-hydrogen) atoms. The third-order valence-corrected chi connectivity index (χ3v) is 5.75. The SMILES string of the molecule is CCn1c(SCC(=O)NCc2ccco2)nnc1C1CC1c1ccccc1. The Morgan fingerprint density at radius 3 is 2.81 bits per heavy atom. The zero-order valence-electron chi connectivity index (χ0n) is 15.2. The first kappa shape index (κ1) is 17.9. The van der Waals surface area contributed by atoms with Crippen LogP contribution in [0.3, 0.4) is 0 Å². The Morgan fingerprint density at radius 1 is 1.22 bits per heavy atom. The molecule has 0 aliphatic heterocycles. The number of carbonyl (C=O) groups is 1. The number of carbonyl (C=O) groups excluding carboxylic acids is 1. The van der Waals surface area contributed by atoms with E-state index in [-0.39, 0.29) is 5.91 Å². The molecule has 1 N–H and O–H groups in total. The summed E-state index contributed by atoms with van der Waals surface area (Å²) in [7, 11) is 0. The van der Waals surface area contributed by atoms with Gasteiger partial charge in [-0.1, -0.05) is 42.1 Å². The van der Waals surface area contributed by atoms with Crippen LogP contribution >= 0.6 is 11.8 Å². The Hall–Kier alpha value is -2.54. The Labute approximate surface area is 162 Å². The normalized spacial score (nSPS) is 18.4. The van der Waals surface area contributed by atoms with Gasteiger partial charge in [-0.05, 0) is 37.0 Å². The Balaban J connectivity index is 1.35. The molecule has 2 heterocycles. The van der Waals surface area contributed by atoms with Gasteiger partial charge in [0.05, 0.1) is 18.6 Å². The van der Waals surface area contributed by atoms with Gasteiger partial charge in [-0.3, -0.25) is 4.79 Å². The highest BCUT2D eigenvalue weighted by molar-refractivity contribution is 7.99. The molecule has 6 nitrogen and oxygen atoms in total. The lowest BCUT2D eigenvalue weighted by Gasteiger charge is -2.07. The Morgan fingerprint density at radius 2 is 2.07 bits per heavy atom. The molecule has 2 aromatic heterocycles. The van der Waals surface area contributed by atoms with Gasteiger partial charge in [0, 0.05) is 12.5 Å². The largest absolute Gasteiger partial charge is 0.467 e. The van der Waals surface area contributed by atoms with Gasteiger partial charge in [0.25, 0.3) is 0 Å². The molecule has 0 spiro atoms. The summed E-state index contributed by atoms with van der Waals surface area (Å²) in [6, 6.07) is 14.2. The minimum absolute atomic E-state index is 0.0443. The summed E-state index contributed by atoms with van der Waals surface area (Å²) in [6.07, 6.45) is 2.71. The van der Waals surface area contributed by atoms with Crippen LogP contribution in [0, 0.1) is 0 Å². The first-order chi connectivity index (χ1) is 13.3. The van der Waals surface area contributed by atoms with Crippen LogP contribution in [0.2, 0.25) is 0 Å². The smallest absolute Gasteiger partial charge is 0.230 e. The summed E-state index contributed by atoms with van der Waals surface area (Å²) in [5.74, 6) is 2.98. The molecule has 2 unspecified atom stereocenters. The summed E-state index contributed by atoms with van der Waals surface area (Å²) >= 11 is 1.43. The van der Waals surface area contributed by atoms with E-state index in [0.29, 0.717) is 24.1 Å². The summed E-state index contributed by atoms with van der Waals surface area (Å²) in [6.45, 7) is 3.30. The van der Waals surface area contributed by atoms with Gasteiger partial charge in [0.15, 0.2) is 5.16 Å². The van der Waals surface area contributed by atoms with Gasteiger partial charge in [0.1, 0.15) is 11.6 Å². The van der Waals surface area contributed by atoms with E-state index < -0.39 is 0 Å². The monoisotopic (exact) mass is 382 g/mol. The highest BCUT2D eigenvalue weighted by Crippen LogP contribution is 2.54. The van der Waals surface area contributed by atoms with Crippen LogP contribution in [0.25, 0.3) is 0 Å². The van der Waals surface area contributed by atoms with Gasteiger partial charge in [-0.25, -0.2) is 0 Å². The number of hydrogen-bond acceptors (Lipinski definition) is 5. The molecule has 1 aliphatic rings. The quantitative estimate of drug-likeness (QED) is 0.603. The fourth-order valence-corrected chi connectivity index (χ4v) is 4.15. The first-order valence-electron chi connectivity index (χ1n) is 9.16. The van der Waals surface area contributed by atoms with Crippen molar-refractivity contribution in [2.24, 2.45) is 0 Å². The number of hydrogen-bond donors (Lipinski definition) is 1. The van der Waals surface area contributed by atoms with E-state index in [1.165, 1.54) is 17.3 Å². The van der Waals surface area contributed by atoms with Gasteiger partial charge in [0.2, 0.25) is 5.91 Å². The van der Waals surface area contributed by atoms with Crippen LogP contribution in [0.4, 0.5) is 0 Å². The predicted octanol–water partition coefficient (Wildman–Crippen LogP) is 3.57. The minimum atomic E-state index is -0.0443. The molecule has 1 fully saturated rings. The van der Waals surface area contributed by atoms with Crippen molar-refractivity contribution in [2.75, 3.05) is 5.75 Å². The second-order valence-corrected chi connectivity index (χ2v) is 7.53. The topological polar surface area (TPSA) is 73.0 Å². The molecule has 140 valence electrons. The second-order valence-electron chi connectivity index (χ2n) is 6.59. The van der Waals surface area contributed by atoms with Crippen LogP contribution < -0.4 is 5.32 Å².